The molecule has 4 rings (SSSR count). The van der Waals surface area contributed by atoms with Crippen LogP contribution in [0.15, 0.2) is 42.6 Å². The van der Waals surface area contributed by atoms with Crippen LogP contribution in [-0.2, 0) is 4.79 Å². The normalized spacial score (nSPS) is 19.8. The van der Waals surface area contributed by atoms with Crippen LogP contribution in [0.4, 0.5) is 5.82 Å². The molecule has 0 radical (unpaired) electrons. The summed E-state index contributed by atoms with van der Waals surface area (Å²) < 4.78 is 11.9. The first-order valence-electron chi connectivity index (χ1n) is 10.7. The number of ether oxygens (including phenoxy) is 2. The maximum atomic E-state index is 11.3. The number of Topliss-reactive ketones (excluding diaryl/α,β-unsaturated/α-hetero) is 1. The minimum atomic E-state index is 0.156. The van der Waals surface area contributed by atoms with E-state index >= 15 is 0 Å². The van der Waals surface area contributed by atoms with Gasteiger partial charge in [-0.15, -0.1) is 0 Å². The van der Waals surface area contributed by atoms with Gasteiger partial charge in [0.2, 0.25) is 0 Å². The Bertz CT molecular complexity index is 815. The Morgan fingerprint density at radius 2 is 1.90 bits per heavy atom. The third-order valence-electron chi connectivity index (χ3n) is 5.72. The molecule has 2 fully saturated rings. The highest BCUT2D eigenvalue weighted by Gasteiger charge is 2.25. The van der Waals surface area contributed by atoms with Gasteiger partial charge in [0.1, 0.15) is 29.2 Å². The number of anilines is 1. The van der Waals surface area contributed by atoms with Gasteiger partial charge in [-0.25, -0.2) is 4.98 Å². The molecule has 1 saturated carbocycles. The Hall–Kier alpha value is -2.56. The fourth-order valence-corrected chi connectivity index (χ4v) is 3.79. The van der Waals surface area contributed by atoms with Crippen LogP contribution in [-0.4, -0.2) is 36.6 Å². The van der Waals surface area contributed by atoms with Crippen molar-refractivity contribution in [2.24, 2.45) is 5.92 Å². The molecule has 0 N–H and O–H groups in total. The molecule has 2 aliphatic rings. The second-order valence-corrected chi connectivity index (χ2v) is 8.46. The van der Waals surface area contributed by atoms with E-state index in [0.29, 0.717) is 6.42 Å². The van der Waals surface area contributed by atoms with E-state index in [4.69, 9.17) is 9.47 Å². The highest BCUT2D eigenvalue weighted by atomic mass is 16.5. The molecule has 0 spiro atoms. The largest absolute Gasteiger partial charge is 0.492 e. The molecular formula is C24H30N2O3. The number of aromatic nitrogens is 1. The Morgan fingerprint density at radius 3 is 2.55 bits per heavy atom. The maximum absolute atomic E-state index is 11.3. The lowest BCUT2D eigenvalue weighted by Gasteiger charge is -2.19. The fraction of sp³-hybridized carbons (Fsp3) is 0.500. The number of carbonyl (C=O) groups excluding carboxylic acids is 1. The Balaban J connectivity index is 1.27. The number of ketones is 1. The molecule has 1 aliphatic carbocycles. The van der Waals surface area contributed by atoms with Crippen molar-refractivity contribution >= 4 is 11.6 Å². The number of hydrogen-bond acceptors (Lipinski definition) is 5. The smallest absolute Gasteiger partial charge is 0.137 e. The van der Waals surface area contributed by atoms with Gasteiger partial charge in [0.25, 0.3) is 0 Å². The van der Waals surface area contributed by atoms with Crippen molar-refractivity contribution in [3.63, 3.8) is 0 Å². The van der Waals surface area contributed by atoms with Crippen LogP contribution in [0, 0.1) is 5.92 Å². The van der Waals surface area contributed by atoms with Gasteiger partial charge >= 0.3 is 0 Å². The molecular weight excluding hydrogens is 364 g/mol. The van der Waals surface area contributed by atoms with Gasteiger partial charge in [0.05, 0.1) is 19.3 Å². The molecule has 29 heavy (non-hydrogen) atoms. The van der Waals surface area contributed by atoms with E-state index in [9.17, 15) is 4.79 Å². The van der Waals surface area contributed by atoms with Crippen molar-refractivity contribution in [1.82, 2.24) is 4.98 Å². The lowest BCUT2D eigenvalue weighted by Crippen LogP contribution is -2.25. The Labute approximate surface area is 173 Å². The third-order valence-corrected chi connectivity index (χ3v) is 5.72. The summed E-state index contributed by atoms with van der Waals surface area (Å²) in [4.78, 5) is 18.1. The van der Waals surface area contributed by atoms with Crippen LogP contribution in [0.3, 0.4) is 0 Å². The van der Waals surface area contributed by atoms with Crippen LogP contribution in [0.2, 0.25) is 0 Å². The summed E-state index contributed by atoms with van der Waals surface area (Å²) in [5.74, 6) is 3.92. The SMILES string of the molecule is CC(=O)C[C@@H](C)c1ccc(O[C@@H]2CCN(c3ccc(OCC4CC4)cn3)C2)cc1. The van der Waals surface area contributed by atoms with Gasteiger partial charge in [0.15, 0.2) is 0 Å². The molecule has 0 bridgehead atoms. The van der Waals surface area contributed by atoms with Crippen LogP contribution < -0.4 is 14.4 Å². The molecule has 154 valence electrons. The number of rotatable bonds is 9. The van der Waals surface area contributed by atoms with Crippen molar-refractivity contribution in [3.8, 4) is 11.5 Å². The molecule has 0 unspecified atom stereocenters. The average molecular weight is 395 g/mol. The molecule has 0 amide bonds. The highest BCUT2D eigenvalue weighted by molar-refractivity contribution is 5.76. The lowest BCUT2D eigenvalue weighted by molar-refractivity contribution is -0.117. The number of pyridine rings is 1. The number of carbonyl (C=O) groups is 1. The summed E-state index contributed by atoms with van der Waals surface area (Å²) >= 11 is 0. The fourth-order valence-electron chi connectivity index (χ4n) is 3.79. The first-order chi connectivity index (χ1) is 14.1. The van der Waals surface area contributed by atoms with Gasteiger partial charge in [-0.2, -0.15) is 0 Å². The Kier molecular flexibility index (Phi) is 6.02. The quantitative estimate of drug-likeness (QED) is 0.622. The van der Waals surface area contributed by atoms with E-state index < -0.39 is 0 Å². The van der Waals surface area contributed by atoms with Crippen LogP contribution in [0.1, 0.15) is 51.0 Å². The van der Waals surface area contributed by atoms with E-state index in [1.54, 1.807) is 6.92 Å². The predicted octanol–water partition coefficient (Wildman–Crippen LogP) is 4.61. The topological polar surface area (TPSA) is 51.7 Å². The van der Waals surface area contributed by atoms with Crippen molar-refractivity contribution < 1.29 is 14.3 Å². The van der Waals surface area contributed by atoms with Crippen LogP contribution >= 0.6 is 0 Å². The monoisotopic (exact) mass is 394 g/mol. The highest BCUT2D eigenvalue weighted by Crippen LogP contribution is 2.30. The number of hydrogen-bond donors (Lipinski definition) is 0. The van der Waals surface area contributed by atoms with Gasteiger partial charge in [0, 0.05) is 19.4 Å². The summed E-state index contributed by atoms with van der Waals surface area (Å²) in [6.45, 7) is 6.31. The minimum absolute atomic E-state index is 0.156. The summed E-state index contributed by atoms with van der Waals surface area (Å²) in [7, 11) is 0. The number of nitrogens with zero attached hydrogens (tertiary/aromatic N) is 2. The third kappa shape index (κ3) is 5.49. The van der Waals surface area contributed by atoms with Gasteiger partial charge < -0.3 is 19.2 Å². The van der Waals surface area contributed by atoms with Crippen LogP contribution in [0.5, 0.6) is 11.5 Å². The minimum Gasteiger partial charge on any atom is -0.492 e. The molecule has 2 heterocycles. The first kappa shape index (κ1) is 19.7. The second-order valence-electron chi connectivity index (χ2n) is 8.46. The van der Waals surface area contributed by atoms with E-state index in [1.165, 1.54) is 18.4 Å². The molecule has 5 nitrogen and oxygen atoms in total. The summed E-state index contributed by atoms with van der Waals surface area (Å²) in [5.41, 5.74) is 1.17. The standard InChI is InChI=1S/C24H30N2O3/c1-17(13-18(2)27)20-5-7-21(8-6-20)29-23-11-12-26(15-23)24-10-9-22(14-25-24)28-16-19-3-4-19/h5-10,14,17,19,23H,3-4,11-13,15-16H2,1-2H3/t17-,23-/m1/s1. The van der Waals surface area contributed by atoms with Crippen molar-refractivity contribution in [3.05, 3.63) is 48.2 Å². The molecule has 1 saturated heterocycles. The number of benzene rings is 1. The van der Waals surface area contributed by atoms with E-state index in [2.05, 4.69) is 28.9 Å². The van der Waals surface area contributed by atoms with E-state index in [1.807, 2.05) is 30.5 Å². The maximum Gasteiger partial charge on any atom is 0.137 e. The summed E-state index contributed by atoms with van der Waals surface area (Å²) in [6.07, 6.45) is 6.12. The van der Waals surface area contributed by atoms with Gasteiger partial charge in [-0.1, -0.05) is 19.1 Å². The molecule has 5 heteroatoms. The zero-order chi connectivity index (χ0) is 20.2. The zero-order valence-corrected chi connectivity index (χ0v) is 17.3. The zero-order valence-electron chi connectivity index (χ0n) is 17.3. The average Bonchev–Trinajstić information content (AvgIpc) is 3.44. The van der Waals surface area contributed by atoms with Gasteiger partial charge in [-0.3, -0.25) is 0 Å². The van der Waals surface area contributed by atoms with Crippen molar-refractivity contribution in [2.45, 2.75) is 51.6 Å². The van der Waals surface area contributed by atoms with E-state index in [0.717, 1.165) is 49.4 Å². The van der Waals surface area contributed by atoms with Crippen molar-refractivity contribution in [2.75, 3.05) is 24.6 Å². The molecule has 1 aromatic carbocycles. The summed E-state index contributed by atoms with van der Waals surface area (Å²) in [6, 6.07) is 12.2. The molecule has 1 aliphatic heterocycles. The van der Waals surface area contributed by atoms with Crippen LogP contribution in [0.25, 0.3) is 0 Å². The predicted molar refractivity (Wildman–Crippen MR) is 114 cm³/mol. The second kappa shape index (κ2) is 8.85. The lowest BCUT2D eigenvalue weighted by atomic mass is 9.96. The molecule has 1 aromatic heterocycles. The summed E-state index contributed by atoms with van der Waals surface area (Å²) in [5, 5.41) is 0. The van der Waals surface area contributed by atoms with Crippen molar-refractivity contribution in [1.29, 1.82) is 0 Å². The van der Waals surface area contributed by atoms with E-state index in [-0.39, 0.29) is 17.8 Å². The first-order valence-corrected chi connectivity index (χ1v) is 10.7. The van der Waals surface area contributed by atoms with Gasteiger partial charge in [-0.05, 0) is 61.4 Å². The molecule has 2 aromatic rings. The Morgan fingerprint density at radius 1 is 1.14 bits per heavy atom. The molecule has 2 atom stereocenters.